The van der Waals surface area contributed by atoms with Crippen LogP contribution < -0.4 is 0 Å². The van der Waals surface area contributed by atoms with E-state index in [0.717, 1.165) is 33.2 Å². The highest BCUT2D eigenvalue weighted by Crippen LogP contribution is 2.35. The van der Waals surface area contributed by atoms with E-state index in [0.29, 0.717) is 12.8 Å². The molecule has 5 N–H and O–H groups in total. The Kier molecular flexibility index (Phi) is 6.43. The first-order chi connectivity index (χ1) is 14.9. The molecule has 1 aliphatic rings. The molecule has 0 radical (unpaired) electrons. The Labute approximate surface area is 180 Å². The average molecular weight is 427 g/mol. The van der Waals surface area contributed by atoms with Gasteiger partial charge in [0.1, 0.15) is 24.4 Å². The molecule has 3 aromatic rings. The first-order valence-corrected chi connectivity index (χ1v) is 10.5. The summed E-state index contributed by atoms with van der Waals surface area (Å²) in [5, 5.41) is 50.7. The quantitative estimate of drug-likeness (QED) is 0.402. The van der Waals surface area contributed by atoms with Gasteiger partial charge >= 0.3 is 0 Å². The third kappa shape index (κ3) is 4.13. The third-order valence-electron chi connectivity index (χ3n) is 6.10. The molecule has 1 fully saturated rings. The zero-order chi connectivity index (χ0) is 22.1. The second kappa shape index (κ2) is 9.08. The number of aliphatic hydroxyl groups excluding tert-OH is 5. The molecule has 1 aliphatic heterocycles. The fourth-order valence-corrected chi connectivity index (χ4v) is 4.39. The van der Waals surface area contributed by atoms with E-state index in [9.17, 15) is 20.4 Å². The summed E-state index contributed by atoms with van der Waals surface area (Å²) >= 11 is 0. The molecular weight excluding hydrogens is 398 g/mol. The van der Waals surface area contributed by atoms with Gasteiger partial charge in [-0.3, -0.25) is 0 Å². The molecule has 4 rings (SSSR count). The van der Waals surface area contributed by atoms with Crippen molar-refractivity contribution in [3.63, 3.8) is 0 Å². The van der Waals surface area contributed by atoms with Gasteiger partial charge in [0, 0.05) is 18.2 Å². The molecule has 0 amide bonds. The summed E-state index contributed by atoms with van der Waals surface area (Å²) < 4.78 is 7.61. The van der Waals surface area contributed by atoms with E-state index in [1.807, 2.05) is 55.6 Å². The van der Waals surface area contributed by atoms with Crippen LogP contribution in [0.5, 0.6) is 0 Å². The minimum absolute atomic E-state index is 0.116. The predicted molar refractivity (Wildman–Crippen MR) is 116 cm³/mol. The van der Waals surface area contributed by atoms with Gasteiger partial charge in [-0.2, -0.15) is 0 Å². The highest BCUT2D eigenvalue weighted by atomic mass is 16.6. The van der Waals surface area contributed by atoms with E-state index in [-0.39, 0.29) is 6.61 Å². The number of aryl methyl sites for hydroxylation is 1. The van der Waals surface area contributed by atoms with Gasteiger partial charge in [-0.15, -0.1) is 0 Å². The van der Waals surface area contributed by atoms with Crippen molar-refractivity contribution in [3.8, 4) is 0 Å². The largest absolute Gasteiger partial charge is 0.396 e. The van der Waals surface area contributed by atoms with Crippen LogP contribution in [0.15, 0.2) is 48.7 Å². The zero-order valence-corrected chi connectivity index (χ0v) is 17.4. The van der Waals surface area contributed by atoms with Gasteiger partial charge in [0.05, 0.1) is 12.1 Å². The fourth-order valence-electron chi connectivity index (χ4n) is 4.39. The minimum Gasteiger partial charge on any atom is -0.396 e. The molecule has 0 unspecified atom stereocenters. The van der Waals surface area contributed by atoms with Crippen molar-refractivity contribution in [1.29, 1.82) is 0 Å². The molecule has 0 bridgehead atoms. The number of ether oxygens (including phenoxy) is 1. The number of benzene rings is 2. The van der Waals surface area contributed by atoms with E-state index in [4.69, 9.17) is 9.84 Å². The van der Waals surface area contributed by atoms with Crippen molar-refractivity contribution in [2.75, 3.05) is 13.2 Å². The molecule has 1 aromatic heterocycles. The van der Waals surface area contributed by atoms with Crippen molar-refractivity contribution in [2.45, 2.75) is 50.4 Å². The number of fused-ring (bicyclic) bond motifs is 1. The van der Waals surface area contributed by atoms with Crippen LogP contribution in [0, 0.1) is 6.92 Å². The first-order valence-electron chi connectivity index (χ1n) is 10.5. The van der Waals surface area contributed by atoms with Crippen LogP contribution in [0.3, 0.4) is 0 Å². The van der Waals surface area contributed by atoms with Crippen molar-refractivity contribution >= 4 is 10.9 Å². The number of hydrogen-bond acceptors (Lipinski definition) is 6. The summed E-state index contributed by atoms with van der Waals surface area (Å²) in [5.41, 5.74) is 5.07. The van der Waals surface area contributed by atoms with Crippen molar-refractivity contribution in [2.24, 2.45) is 0 Å². The molecule has 1 saturated heterocycles. The molecule has 0 aliphatic carbocycles. The van der Waals surface area contributed by atoms with Gasteiger partial charge in [0.2, 0.25) is 0 Å². The lowest BCUT2D eigenvalue weighted by Gasteiger charge is -2.40. The zero-order valence-electron chi connectivity index (χ0n) is 17.4. The van der Waals surface area contributed by atoms with Crippen molar-refractivity contribution in [1.82, 2.24) is 4.57 Å². The van der Waals surface area contributed by atoms with Crippen molar-refractivity contribution in [3.05, 3.63) is 70.9 Å². The van der Waals surface area contributed by atoms with Gasteiger partial charge in [0.25, 0.3) is 0 Å². The van der Waals surface area contributed by atoms with Crippen LogP contribution in [0.4, 0.5) is 0 Å². The Bertz CT molecular complexity index is 1030. The second-order valence-electron chi connectivity index (χ2n) is 8.22. The van der Waals surface area contributed by atoms with Crippen LogP contribution in [-0.2, 0) is 17.6 Å². The Morgan fingerprint density at radius 3 is 2.29 bits per heavy atom. The molecular formula is C24H29NO6. The van der Waals surface area contributed by atoms with Crippen LogP contribution >= 0.6 is 0 Å². The van der Waals surface area contributed by atoms with E-state index in [1.165, 1.54) is 0 Å². The van der Waals surface area contributed by atoms with Crippen LogP contribution in [0.25, 0.3) is 10.9 Å². The molecule has 2 aromatic carbocycles. The molecule has 5 atom stereocenters. The van der Waals surface area contributed by atoms with Crippen LogP contribution in [0.1, 0.15) is 28.5 Å². The topological polar surface area (TPSA) is 115 Å². The summed E-state index contributed by atoms with van der Waals surface area (Å²) in [4.78, 5) is 0. The van der Waals surface area contributed by atoms with Gasteiger partial charge in [-0.05, 0) is 42.0 Å². The Morgan fingerprint density at radius 1 is 0.903 bits per heavy atom. The monoisotopic (exact) mass is 427 g/mol. The number of aromatic nitrogens is 1. The number of para-hydroxylation sites is 1. The number of nitrogens with zero attached hydrogens (tertiary/aromatic N) is 1. The fraction of sp³-hybridized carbons (Fsp3) is 0.417. The van der Waals surface area contributed by atoms with Gasteiger partial charge in [0.15, 0.2) is 6.23 Å². The Balaban J connectivity index is 1.73. The summed E-state index contributed by atoms with van der Waals surface area (Å²) in [6.07, 6.45) is -2.90. The highest BCUT2D eigenvalue weighted by molar-refractivity contribution is 5.87. The summed E-state index contributed by atoms with van der Waals surface area (Å²) in [6.45, 7) is 1.62. The van der Waals surface area contributed by atoms with Crippen LogP contribution in [-0.4, -0.2) is 67.7 Å². The lowest BCUT2D eigenvalue weighted by atomic mass is 9.98. The lowest BCUT2D eigenvalue weighted by molar-refractivity contribution is -0.250. The maximum absolute atomic E-state index is 10.6. The first kappa shape index (κ1) is 22.0. The molecule has 7 heteroatoms. The summed E-state index contributed by atoms with van der Waals surface area (Å²) in [5.74, 6) is 0. The van der Waals surface area contributed by atoms with E-state index >= 15 is 0 Å². The molecule has 2 heterocycles. The molecule has 7 nitrogen and oxygen atoms in total. The molecule has 166 valence electrons. The van der Waals surface area contributed by atoms with E-state index < -0.39 is 37.3 Å². The predicted octanol–water partition coefficient (Wildman–Crippen LogP) is 1.05. The SMILES string of the molecule is Cc1cccc2c(Cc3ccc(CCO)cc3)cn([C@@H]3O[C@H](CO)[C@@H](O)[C@H](O)[C@H]3O)c12. The maximum Gasteiger partial charge on any atom is 0.163 e. The number of aliphatic hydroxyl groups is 5. The molecule has 31 heavy (non-hydrogen) atoms. The molecule has 0 spiro atoms. The summed E-state index contributed by atoms with van der Waals surface area (Å²) in [6, 6.07) is 14.1. The van der Waals surface area contributed by atoms with Crippen molar-refractivity contribution < 1.29 is 30.3 Å². The number of rotatable bonds is 6. The second-order valence-corrected chi connectivity index (χ2v) is 8.22. The lowest BCUT2D eigenvalue weighted by Crippen LogP contribution is -2.56. The van der Waals surface area contributed by atoms with E-state index in [2.05, 4.69) is 0 Å². The van der Waals surface area contributed by atoms with Crippen LogP contribution in [0.2, 0.25) is 0 Å². The van der Waals surface area contributed by atoms with Gasteiger partial charge in [-0.25, -0.2) is 0 Å². The normalized spacial score (nSPS) is 26.5. The highest BCUT2D eigenvalue weighted by Gasteiger charge is 2.44. The summed E-state index contributed by atoms with van der Waals surface area (Å²) in [7, 11) is 0. The maximum atomic E-state index is 10.6. The minimum atomic E-state index is -1.43. The molecule has 0 saturated carbocycles. The Morgan fingerprint density at radius 2 is 1.61 bits per heavy atom. The average Bonchev–Trinajstić information content (AvgIpc) is 3.13. The smallest absolute Gasteiger partial charge is 0.163 e. The van der Waals surface area contributed by atoms with Gasteiger partial charge < -0.3 is 34.8 Å². The third-order valence-corrected chi connectivity index (χ3v) is 6.10. The number of hydrogen-bond donors (Lipinski definition) is 5. The Hall–Kier alpha value is -2.26. The van der Waals surface area contributed by atoms with E-state index in [1.54, 1.807) is 4.57 Å². The van der Waals surface area contributed by atoms with Gasteiger partial charge in [-0.1, -0.05) is 42.5 Å². The standard InChI is InChI=1S/C24H29NO6/c1-14-3-2-4-18-17(11-16-7-5-15(6-8-16)9-10-26)12-25(20(14)18)24-23(30)22(29)21(28)19(13-27)31-24/h2-8,12,19,21-24,26-30H,9-11,13H2,1H3/t19-,21-,22+,23-,24-/m1/s1.